The molecule has 0 bridgehead atoms. The minimum absolute atomic E-state index is 0.107. The average molecular weight is 345 g/mol. The summed E-state index contributed by atoms with van der Waals surface area (Å²) in [6, 6.07) is -1.45. The van der Waals surface area contributed by atoms with Crippen molar-refractivity contribution < 1.29 is 33.0 Å². The van der Waals surface area contributed by atoms with Gasteiger partial charge in [-0.1, -0.05) is 0 Å². The molecule has 126 valence electrons. The van der Waals surface area contributed by atoms with Crippen LogP contribution >= 0.6 is 0 Å². The van der Waals surface area contributed by atoms with Crippen LogP contribution in [0.3, 0.4) is 0 Å². The third-order valence-corrected chi connectivity index (χ3v) is 5.18. The van der Waals surface area contributed by atoms with Crippen LogP contribution in [0, 0.1) is 5.92 Å². The zero-order chi connectivity index (χ0) is 17.1. The van der Waals surface area contributed by atoms with E-state index in [1.807, 2.05) is 0 Å². The molecule has 11 heteroatoms. The average Bonchev–Trinajstić information content (AvgIpc) is 2.75. The van der Waals surface area contributed by atoms with Crippen LogP contribution in [0.2, 0.25) is 0 Å². The van der Waals surface area contributed by atoms with Gasteiger partial charge >= 0.3 is 12.1 Å². The van der Waals surface area contributed by atoms with Gasteiger partial charge in [-0.25, -0.2) is 22.7 Å². The quantitative estimate of drug-likeness (QED) is 0.524. The standard InChI is InChI=1S/C12H15N3O7S/c1-23(21,22)13-4-6-5-2-3-14(12(19)20)9-7(5)15(10(9)16)8(6)11(17)18/h5,7,9,13H,2-4H2,1H3,(H,17,18)(H,19,20)/t5?,7-,9+/m1/s1. The van der Waals surface area contributed by atoms with Crippen molar-refractivity contribution in [2.45, 2.75) is 18.5 Å². The van der Waals surface area contributed by atoms with Crippen LogP contribution in [0.5, 0.6) is 0 Å². The van der Waals surface area contributed by atoms with E-state index in [4.69, 9.17) is 5.11 Å². The summed E-state index contributed by atoms with van der Waals surface area (Å²) in [5.41, 5.74) is 0.0958. The topological polar surface area (TPSA) is 144 Å². The second-order valence-electron chi connectivity index (χ2n) is 5.79. The van der Waals surface area contributed by atoms with Gasteiger partial charge in [0.1, 0.15) is 11.7 Å². The van der Waals surface area contributed by atoms with E-state index in [1.54, 1.807) is 0 Å². The second kappa shape index (κ2) is 4.93. The molecule has 0 aromatic rings. The largest absolute Gasteiger partial charge is 0.477 e. The van der Waals surface area contributed by atoms with Crippen LogP contribution in [0.1, 0.15) is 6.42 Å². The van der Waals surface area contributed by atoms with Gasteiger partial charge in [0, 0.05) is 19.0 Å². The molecule has 0 radical (unpaired) electrons. The third-order valence-electron chi connectivity index (χ3n) is 4.51. The first-order valence-electron chi connectivity index (χ1n) is 6.87. The van der Waals surface area contributed by atoms with Crippen LogP contribution in [-0.2, 0) is 19.6 Å². The van der Waals surface area contributed by atoms with Crippen molar-refractivity contribution in [3.8, 4) is 0 Å². The Hall–Kier alpha value is -2.14. The van der Waals surface area contributed by atoms with Gasteiger partial charge in [0.2, 0.25) is 10.0 Å². The molecule has 0 spiro atoms. The SMILES string of the molecule is CS(=O)(=O)NCC1=C(C(=O)O)N2C(=O)[C@@H]3[C@H]2C1CCN3C(=O)O. The number of carbonyl (C=O) groups is 3. The zero-order valence-electron chi connectivity index (χ0n) is 12.1. The summed E-state index contributed by atoms with van der Waals surface area (Å²) in [5, 5.41) is 18.5. The predicted molar refractivity (Wildman–Crippen MR) is 74.8 cm³/mol. The molecule has 23 heavy (non-hydrogen) atoms. The predicted octanol–water partition coefficient (Wildman–Crippen LogP) is -1.53. The van der Waals surface area contributed by atoms with Crippen molar-refractivity contribution in [3.63, 3.8) is 0 Å². The number of nitrogens with one attached hydrogen (secondary N) is 1. The van der Waals surface area contributed by atoms with Crippen LogP contribution in [0.15, 0.2) is 11.3 Å². The number of β-lactam (4-membered cyclic amide) rings is 1. The van der Waals surface area contributed by atoms with E-state index in [0.29, 0.717) is 12.0 Å². The van der Waals surface area contributed by atoms with Crippen molar-refractivity contribution in [1.29, 1.82) is 0 Å². The van der Waals surface area contributed by atoms with Gasteiger partial charge in [-0.2, -0.15) is 0 Å². The number of sulfonamides is 1. The number of carboxylic acids is 1. The Morgan fingerprint density at radius 2 is 2.00 bits per heavy atom. The molecule has 1 unspecified atom stereocenters. The Bertz CT molecular complexity index is 744. The molecule has 10 nitrogen and oxygen atoms in total. The fourth-order valence-corrected chi connectivity index (χ4v) is 4.07. The van der Waals surface area contributed by atoms with Crippen molar-refractivity contribution in [2.24, 2.45) is 5.92 Å². The van der Waals surface area contributed by atoms with Gasteiger partial charge in [0.05, 0.1) is 12.3 Å². The minimum Gasteiger partial charge on any atom is -0.477 e. The highest BCUT2D eigenvalue weighted by molar-refractivity contribution is 7.88. The molecule has 3 heterocycles. The lowest BCUT2D eigenvalue weighted by Gasteiger charge is -2.52. The van der Waals surface area contributed by atoms with Gasteiger partial charge in [0.15, 0.2) is 0 Å². The van der Waals surface area contributed by atoms with E-state index < -0.39 is 40.1 Å². The first kappa shape index (κ1) is 15.7. The lowest BCUT2D eigenvalue weighted by atomic mass is 9.78. The molecule has 2 amide bonds. The molecule has 0 aromatic heterocycles. The molecule has 3 atom stereocenters. The number of likely N-dealkylation sites (tertiary alicyclic amines) is 1. The Kier molecular flexibility index (Phi) is 3.37. The Morgan fingerprint density at radius 3 is 2.52 bits per heavy atom. The molecule has 3 rings (SSSR count). The molecule has 2 fully saturated rings. The first-order valence-corrected chi connectivity index (χ1v) is 8.76. The molecular formula is C12H15N3O7S. The normalized spacial score (nSPS) is 29.4. The Labute approximate surface area is 131 Å². The minimum atomic E-state index is -3.53. The number of hydrogen-bond donors (Lipinski definition) is 3. The second-order valence-corrected chi connectivity index (χ2v) is 7.62. The van der Waals surface area contributed by atoms with Crippen LogP contribution < -0.4 is 4.72 Å². The maximum Gasteiger partial charge on any atom is 0.408 e. The highest BCUT2D eigenvalue weighted by Gasteiger charge is 2.64. The van der Waals surface area contributed by atoms with E-state index in [1.165, 1.54) is 0 Å². The monoisotopic (exact) mass is 345 g/mol. The smallest absolute Gasteiger partial charge is 0.408 e. The van der Waals surface area contributed by atoms with Crippen LogP contribution in [-0.4, -0.2) is 77.8 Å². The zero-order valence-corrected chi connectivity index (χ0v) is 12.9. The highest BCUT2D eigenvalue weighted by Crippen LogP contribution is 2.48. The molecular weight excluding hydrogens is 330 g/mol. The summed E-state index contributed by atoms with van der Waals surface area (Å²) < 4.78 is 24.8. The summed E-state index contributed by atoms with van der Waals surface area (Å²) in [6.45, 7) is -0.0960. The molecule has 0 saturated carbocycles. The van der Waals surface area contributed by atoms with Gasteiger partial charge in [-0.05, 0) is 12.0 Å². The molecule has 3 aliphatic rings. The third kappa shape index (κ3) is 2.27. The Morgan fingerprint density at radius 1 is 1.35 bits per heavy atom. The van der Waals surface area contributed by atoms with Gasteiger partial charge in [-0.15, -0.1) is 0 Å². The van der Waals surface area contributed by atoms with E-state index in [-0.39, 0.29) is 24.7 Å². The van der Waals surface area contributed by atoms with E-state index in [2.05, 4.69) is 4.72 Å². The molecule has 0 aliphatic carbocycles. The van der Waals surface area contributed by atoms with Crippen molar-refractivity contribution in [3.05, 3.63) is 11.3 Å². The van der Waals surface area contributed by atoms with Crippen molar-refractivity contribution in [2.75, 3.05) is 19.3 Å². The molecule has 0 aromatic carbocycles. The van der Waals surface area contributed by atoms with Gasteiger partial charge in [-0.3, -0.25) is 14.6 Å². The number of carboxylic acid groups (broad SMARTS) is 2. The van der Waals surface area contributed by atoms with Gasteiger partial charge < -0.3 is 10.2 Å². The first-order chi connectivity index (χ1) is 10.6. The number of nitrogens with zero attached hydrogens (tertiary/aromatic N) is 2. The molecule has 3 aliphatic heterocycles. The van der Waals surface area contributed by atoms with Crippen LogP contribution in [0.4, 0.5) is 4.79 Å². The summed E-state index contributed by atoms with van der Waals surface area (Å²) in [5.74, 6) is -2.25. The fourth-order valence-electron chi connectivity index (χ4n) is 3.65. The number of hydrogen-bond acceptors (Lipinski definition) is 5. The fraction of sp³-hybridized carbons (Fsp3) is 0.583. The summed E-state index contributed by atoms with van der Waals surface area (Å²) >= 11 is 0. The number of aliphatic carboxylic acids is 1. The lowest BCUT2D eigenvalue weighted by molar-refractivity contribution is -0.161. The van der Waals surface area contributed by atoms with Crippen molar-refractivity contribution >= 4 is 28.0 Å². The Balaban J connectivity index is 1.96. The molecule has 2 saturated heterocycles. The number of carbonyl (C=O) groups excluding carboxylic acids is 1. The van der Waals surface area contributed by atoms with E-state index >= 15 is 0 Å². The number of piperidine rings is 1. The van der Waals surface area contributed by atoms with Crippen molar-refractivity contribution in [1.82, 2.24) is 14.5 Å². The maximum atomic E-state index is 12.2. The summed E-state index contributed by atoms with van der Waals surface area (Å²) in [7, 11) is -3.53. The summed E-state index contributed by atoms with van der Waals surface area (Å²) in [6.07, 6.45) is 0.0780. The lowest BCUT2D eigenvalue weighted by Crippen LogP contribution is -2.73. The van der Waals surface area contributed by atoms with E-state index in [9.17, 15) is 27.9 Å². The highest BCUT2D eigenvalue weighted by atomic mass is 32.2. The number of amides is 2. The van der Waals surface area contributed by atoms with E-state index in [0.717, 1.165) is 16.1 Å². The maximum absolute atomic E-state index is 12.2. The van der Waals surface area contributed by atoms with Gasteiger partial charge in [0.25, 0.3) is 5.91 Å². The molecule has 3 N–H and O–H groups in total. The summed E-state index contributed by atoms with van der Waals surface area (Å²) in [4.78, 5) is 37.1. The number of rotatable bonds is 4. The van der Waals surface area contributed by atoms with Crippen LogP contribution in [0.25, 0.3) is 0 Å².